The van der Waals surface area contributed by atoms with E-state index in [0.717, 1.165) is 5.56 Å². The lowest BCUT2D eigenvalue weighted by molar-refractivity contribution is 0.404. The molecular weight excluding hydrogens is 256 g/mol. The van der Waals surface area contributed by atoms with E-state index in [0.29, 0.717) is 28.7 Å². The Morgan fingerprint density at radius 1 is 1.15 bits per heavy atom. The summed E-state index contributed by atoms with van der Waals surface area (Å²) in [5, 5.41) is 3.96. The van der Waals surface area contributed by atoms with Crippen LogP contribution in [0, 0.1) is 0 Å². The maximum atomic E-state index is 5.65. The minimum Gasteiger partial charge on any atom is -0.494 e. The van der Waals surface area contributed by atoms with E-state index in [4.69, 9.17) is 15.0 Å². The summed E-state index contributed by atoms with van der Waals surface area (Å²) in [6, 6.07) is 9.03. The number of hydrogen-bond donors (Lipinski definition) is 1. The van der Waals surface area contributed by atoms with Crippen LogP contribution < -0.4 is 10.5 Å². The van der Waals surface area contributed by atoms with Crippen molar-refractivity contribution in [2.24, 2.45) is 0 Å². The number of nitrogens with zero attached hydrogens (tertiary/aromatic N) is 3. The van der Waals surface area contributed by atoms with E-state index in [2.05, 4.69) is 15.1 Å². The monoisotopic (exact) mass is 268 g/mol. The van der Waals surface area contributed by atoms with Gasteiger partial charge in [-0.3, -0.25) is 4.98 Å². The minimum absolute atomic E-state index is 0.385. The molecule has 0 aliphatic carbocycles. The number of hydrogen-bond acceptors (Lipinski definition) is 6. The third-order valence-corrected chi connectivity index (χ3v) is 2.83. The van der Waals surface area contributed by atoms with Crippen LogP contribution in [-0.2, 0) is 0 Å². The fraction of sp³-hybridized carbons (Fsp3) is 0.0714. The van der Waals surface area contributed by atoms with Crippen molar-refractivity contribution in [2.45, 2.75) is 0 Å². The lowest BCUT2D eigenvalue weighted by Crippen LogP contribution is -1.89. The second-order valence-electron chi connectivity index (χ2n) is 4.12. The Morgan fingerprint density at radius 3 is 2.70 bits per heavy atom. The van der Waals surface area contributed by atoms with Gasteiger partial charge in [0.25, 0.3) is 5.89 Å². The van der Waals surface area contributed by atoms with E-state index in [1.807, 2.05) is 12.1 Å². The van der Waals surface area contributed by atoms with Crippen LogP contribution >= 0.6 is 0 Å². The molecule has 2 N–H and O–H groups in total. The molecule has 100 valence electrons. The second kappa shape index (κ2) is 5.00. The molecule has 3 rings (SSSR count). The number of pyridine rings is 1. The molecular formula is C14H12N4O2. The van der Waals surface area contributed by atoms with Crippen molar-refractivity contribution in [2.75, 3.05) is 12.8 Å². The van der Waals surface area contributed by atoms with E-state index in [1.165, 1.54) is 0 Å². The van der Waals surface area contributed by atoms with E-state index in [1.54, 1.807) is 37.7 Å². The molecule has 0 radical (unpaired) electrons. The SMILES string of the molecule is COc1cnccc1-c1nc(-c2ccc(N)cc2)no1. The van der Waals surface area contributed by atoms with Gasteiger partial charge in [0.2, 0.25) is 5.82 Å². The zero-order valence-corrected chi connectivity index (χ0v) is 10.8. The summed E-state index contributed by atoms with van der Waals surface area (Å²) in [5.41, 5.74) is 7.88. The van der Waals surface area contributed by atoms with E-state index in [9.17, 15) is 0 Å². The molecule has 6 nitrogen and oxygen atoms in total. The lowest BCUT2D eigenvalue weighted by atomic mass is 10.2. The van der Waals surface area contributed by atoms with Gasteiger partial charge in [-0.15, -0.1) is 0 Å². The van der Waals surface area contributed by atoms with Gasteiger partial charge in [0, 0.05) is 17.4 Å². The molecule has 6 heteroatoms. The van der Waals surface area contributed by atoms with E-state index < -0.39 is 0 Å². The number of methoxy groups -OCH3 is 1. The molecule has 0 bridgehead atoms. The number of rotatable bonds is 3. The molecule has 2 heterocycles. The Kier molecular flexibility index (Phi) is 3.04. The average molecular weight is 268 g/mol. The molecule has 0 unspecified atom stereocenters. The average Bonchev–Trinajstić information content (AvgIpc) is 2.97. The third kappa shape index (κ3) is 2.18. The highest BCUT2D eigenvalue weighted by molar-refractivity contribution is 5.65. The van der Waals surface area contributed by atoms with Crippen molar-refractivity contribution < 1.29 is 9.26 Å². The van der Waals surface area contributed by atoms with Crippen LogP contribution in [0.1, 0.15) is 0 Å². The molecule has 0 amide bonds. The Bertz CT molecular complexity index is 722. The Hall–Kier alpha value is -2.89. The van der Waals surface area contributed by atoms with Crippen molar-refractivity contribution >= 4 is 5.69 Å². The highest BCUT2D eigenvalue weighted by Gasteiger charge is 2.14. The number of anilines is 1. The summed E-state index contributed by atoms with van der Waals surface area (Å²) in [5.74, 6) is 1.47. The molecule has 3 aromatic rings. The Morgan fingerprint density at radius 2 is 1.95 bits per heavy atom. The minimum atomic E-state index is 0.385. The van der Waals surface area contributed by atoms with Gasteiger partial charge < -0.3 is 15.0 Å². The second-order valence-corrected chi connectivity index (χ2v) is 4.12. The van der Waals surface area contributed by atoms with Crippen LogP contribution in [-0.4, -0.2) is 22.2 Å². The first-order chi connectivity index (χ1) is 9.78. The van der Waals surface area contributed by atoms with Gasteiger partial charge in [0.1, 0.15) is 5.75 Å². The van der Waals surface area contributed by atoms with Crippen LogP contribution in [0.15, 0.2) is 47.2 Å². The quantitative estimate of drug-likeness (QED) is 0.734. The predicted octanol–water partition coefficient (Wildman–Crippen LogP) is 2.39. The molecule has 0 spiro atoms. The molecule has 0 saturated carbocycles. The normalized spacial score (nSPS) is 10.4. The fourth-order valence-corrected chi connectivity index (χ4v) is 1.80. The number of nitrogens with two attached hydrogens (primary N) is 1. The molecule has 0 fully saturated rings. The number of ether oxygens (including phenoxy) is 1. The van der Waals surface area contributed by atoms with Gasteiger partial charge in [-0.2, -0.15) is 4.98 Å². The van der Waals surface area contributed by atoms with Crippen LogP contribution in [0.2, 0.25) is 0 Å². The smallest absolute Gasteiger partial charge is 0.262 e. The Balaban J connectivity index is 2.00. The van der Waals surface area contributed by atoms with E-state index >= 15 is 0 Å². The molecule has 0 aliphatic rings. The molecule has 0 saturated heterocycles. The first-order valence-corrected chi connectivity index (χ1v) is 5.96. The van der Waals surface area contributed by atoms with Gasteiger partial charge in [-0.05, 0) is 30.3 Å². The number of benzene rings is 1. The van der Waals surface area contributed by atoms with Crippen molar-refractivity contribution in [3.63, 3.8) is 0 Å². The van der Waals surface area contributed by atoms with Crippen LogP contribution in [0.5, 0.6) is 5.75 Å². The number of aromatic nitrogens is 3. The zero-order chi connectivity index (χ0) is 13.9. The highest BCUT2D eigenvalue weighted by atomic mass is 16.5. The van der Waals surface area contributed by atoms with Crippen LogP contribution in [0.3, 0.4) is 0 Å². The van der Waals surface area contributed by atoms with Gasteiger partial charge >= 0.3 is 0 Å². The summed E-state index contributed by atoms with van der Waals surface area (Å²) in [6.07, 6.45) is 3.24. The summed E-state index contributed by atoms with van der Waals surface area (Å²) in [7, 11) is 1.57. The summed E-state index contributed by atoms with van der Waals surface area (Å²) in [4.78, 5) is 8.35. The highest BCUT2D eigenvalue weighted by Crippen LogP contribution is 2.29. The molecule has 2 aromatic heterocycles. The lowest BCUT2D eigenvalue weighted by Gasteiger charge is -2.02. The standard InChI is InChI=1S/C14H12N4O2/c1-19-12-8-16-7-6-11(12)14-17-13(18-20-14)9-2-4-10(15)5-3-9/h2-8H,15H2,1H3. The fourth-order valence-electron chi connectivity index (χ4n) is 1.80. The van der Waals surface area contributed by atoms with Gasteiger partial charge in [-0.25, -0.2) is 0 Å². The first kappa shape index (κ1) is 12.2. The van der Waals surface area contributed by atoms with Crippen LogP contribution in [0.25, 0.3) is 22.8 Å². The van der Waals surface area contributed by atoms with Gasteiger partial charge in [-0.1, -0.05) is 5.16 Å². The largest absolute Gasteiger partial charge is 0.494 e. The predicted molar refractivity (Wildman–Crippen MR) is 73.9 cm³/mol. The van der Waals surface area contributed by atoms with Gasteiger partial charge in [0.05, 0.1) is 18.9 Å². The maximum absolute atomic E-state index is 5.65. The third-order valence-electron chi connectivity index (χ3n) is 2.83. The van der Waals surface area contributed by atoms with Crippen molar-refractivity contribution in [3.05, 3.63) is 42.7 Å². The summed E-state index contributed by atoms with van der Waals surface area (Å²) < 4.78 is 10.5. The molecule has 20 heavy (non-hydrogen) atoms. The van der Waals surface area contributed by atoms with Crippen molar-refractivity contribution in [1.82, 2.24) is 15.1 Å². The maximum Gasteiger partial charge on any atom is 0.262 e. The molecule has 1 aromatic carbocycles. The molecule has 0 aliphatic heterocycles. The summed E-state index contributed by atoms with van der Waals surface area (Å²) in [6.45, 7) is 0. The Labute approximate surface area is 115 Å². The topological polar surface area (TPSA) is 87.1 Å². The summed E-state index contributed by atoms with van der Waals surface area (Å²) >= 11 is 0. The van der Waals surface area contributed by atoms with Crippen molar-refractivity contribution in [1.29, 1.82) is 0 Å². The zero-order valence-electron chi connectivity index (χ0n) is 10.8. The van der Waals surface area contributed by atoms with Crippen LogP contribution in [0.4, 0.5) is 5.69 Å². The van der Waals surface area contributed by atoms with Gasteiger partial charge in [0.15, 0.2) is 0 Å². The number of nitrogen functional groups attached to an aromatic ring is 1. The molecule has 0 atom stereocenters. The van der Waals surface area contributed by atoms with Crippen molar-refractivity contribution in [3.8, 4) is 28.6 Å². The van der Waals surface area contributed by atoms with E-state index in [-0.39, 0.29) is 0 Å². The first-order valence-electron chi connectivity index (χ1n) is 5.96.